The van der Waals surface area contributed by atoms with E-state index in [0.29, 0.717) is 29.5 Å². The molecule has 2 aromatic heterocycles. The largest absolute Gasteiger partial charge is 0.309 e. The van der Waals surface area contributed by atoms with E-state index >= 15 is 0 Å². The fraction of sp³-hybridized carbons (Fsp3) is 0.263. The first-order chi connectivity index (χ1) is 13.9. The third-order valence-corrected chi connectivity index (χ3v) is 8.31. The maximum Gasteiger partial charge on any atom is 0.253 e. The first kappa shape index (κ1) is 20.1. The van der Waals surface area contributed by atoms with Crippen molar-refractivity contribution >= 4 is 44.7 Å². The van der Waals surface area contributed by atoms with Gasteiger partial charge in [0.1, 0.15) is 16.1 Å². The molecule has 3 aromatic rings. The first-order valence-corrected chi connectivity index (χ1v) is 11.7. The molecule has 10 heteroatoms. The van der Waals surface area contributed by atoms with E-state index in [1.807, 2.05) is 37.3 Å². The van der Waals surface area contributed by atoms with E-state index in [0.717, 1.165) is 22.7 Å². The van der Waals surface area contributed by atoms with Crippen LogP contribution in [0.15, 0.2) is 52.7 Å². The quantitative estimate of drug-likeness (QED) is 0.642. The number of thiophene rings is 1. The minimum atomic E-state index is -3.78. The smallest absolute Gasteiger partial charge is 0.253 e. The molecule has 152 valence electrons. The van der Waals surface area contributed by atoms with Crippen LogP contribution >= 0.6 is 22.9 Å². The molecule has 0 radical (unpaired) electrons. The molecule has 1 fully saturated rings. The Balaban J connectivity index is 1.59. The van der Waals surface area contributed by atoms with Gasteiger partial charge >= 0.3 is 0 Å². The average Bonchev–Trinajstić information content (AvgIpc) is 3.42. The molecule has 4 rings (SSSR count). The highest BCUT2D eigenvalue weighted by Crippen LogP contribution is 2.32. The van der Waals surface area contributed by atoms with Gasteiger partial charge in [0, 0.05) is 12.6 Å². The number of aromatic nitrogens is 2. The van der Waals surface area contributed by atoms with Crippen molar-refractivity contribution in [1.29, 1.82) is 0 Å². The standard InChI is InChI=1S/C19H19ClN4O3S2/c1-13-12-17(24(22-13)14-6-3-2-4-7-14)21-19(25)15-8-5-11-23(15)29(26,27)18-10-9-16(20)28-18/h2-4,6-7,9-10,12,15H,5,8,11H2,1H3,(H,21,25). The highest BCUT2D eigenvalue weighted by Gasteiger charge is 2.40. The van der Waals surface area contributed by atoms with Crippen LogP contribution in [0.4, 0.5) is 5.82 Å². The monoisotopic (exact) mass is 450 g/mol. The number of benzene rings is 1. The summed E-state index contributed by atoms with van der Waals surface area (Å²) in [5.41, 5.74) is 1.55. The topological polar surface area (TPSA) is 84.3 Å². The Kier molecular flexibility index (Phi) is 5.48. The molecule has 7 nitrogen and oxygen atoms in total. The lowest BCUT2D eigenvalue weighted by molar-refractivity contribution is -0.119. The van der Waals surface area contributed by atoms with Crippen LogP contribution in [0.1, 0.15) is 18.5 Å². The fourth-order valence-corrected chi connectivity index (χ4v) is 6.67. The fourth-order valence-electron chi connectivity index (χ4n) is 3.41. The summed E-state index contributed by atoms with van der Waals surface area (Å²) < 4.78 is 29.4. The lowest BCUT2D eigenvalue weighted by Gasteiger charge is -2.22. The number of hydrogen-bond donors (Lipinski definition) is 1. The lowest BCUT2D eigenvalue weighted by Crippen LogP contribution is -2.43. The number of hydrogen-bond acceptors (Lipinski definition) is 5. The highest BCUT2D eigenvalue weighted by atomic mass is 35.5. The molecule has 0 saturated carbocycles. The Bertz CT molecular complexity index is 1140. The van der Waals surface area contributed by atoms with Crippen LogP contribution in [0.3, 0.4) is 0 Å². The van der Waals surface area contributed by atoms with Crippen molar-refractivity contribution in [3.05, 3.63) is 58.6 Å². The van der Waals surface area contributed by atoms with Gasteiger partial charge in [-0.05, 0) is 44.0 Å². The molecule has 3 heterocycles. The molecule has 1 amide bonds. The van der Waals surface area contributed by atoms with Crippen molar-refractivity contribution in [2.45, 2.75) is 30.0 Å². The number of halogens is 1. The van der Waals surface area contributed by atoms with E-state index in [-0.39, 0.29) is 10.1 Å². The van der Waals surface area contributed by atoms with Crippen molar-refractivity contribution in [2.24, 2.45) is 0 Å². The van der Waals surface area contributed by atoms with Gasteiger partial charge in [-0.1, -0.05) is 29.8 Å². The zero-order valence-corrected chi connectivity index (χ0v) is 18.0. The van der Waals surface area contributed by atoms with Gasteiger partial charge in [-0.3, -0.25) is 4.79 Å². The summed E-state index contributed by atoms with van der Waals surface area (Å²) in [5, 5.41) is 7.30. The Labute approximate surface area is 178 Å². The van der Waals surface area contributed by atoms with E-state index in [1.165, 1.54) is 10.4 Å². The van der Waals surface area contributed by atoms with E-state index in [4.69, 9.17) is 11.6 Å². The molecule has 1 aliphatic rings. The molecular formula is C19H19ClN4O3S2. The van der Waals surface area contributed by atoms with Crippen LogP contribution in [-0.2, 0) is 14.8 Å². The van der Waals surface area contributed by atoms with E-state index < -0.39 is 16.1 Å². The number of nitrogens with zero attached hydrogens (tertiary/aromatic N) is 3. The second kappa shape index (κ2) is 7.91. The zero-order valence-electron chi connectivity index (χ0n) is 15.6. The van der Waals surface area contributed by atoms with Gasteiger partial charge in [-0.25, -0.2) is 13.1 Å². The summed E-state index contributed by atoms with van der Waals surface area (Å²) >= 11 is 6.90. The lowest BCUT2D eigenvalue weighted by atomic mass is 10.2. The maximum atomic E-state index is 13.0. The van der Waals surface area contributed by atoms with Gasteiger partial charge in [0.15, 0.2) is 0 Å². The van der Waals surface area contributed by atoms with Crippen LogP contribution in [-0.4, -0.2) is 41.0 Å². The summed E-state index contributed by atoms with van der Waals surface area (Å²) in [4.78, 5) is 13.0. The van der Waals surface area contributed by atoms with Gasteiger partial charge in [0.2, 0.25) is 5.91 Å². The van der Waals surface area contributed by atoms with Crippen LogP contribution < -0.4 is 5.32 Å². The normalized spacial score (nSPS) is 17.5. The van der Waals surface area contributed by atoms with Crippen molar-refractivity contribution < 1.29 is 13.2 Å². The molecule has 1 atom stereocenters. The van der Waals surface area contributed by atoms with Crippen molar-refractivity contribution in [3.63, 3.8) is 0 Å². The van der Waals surface area contributed by atoms with Gasteiger partial charge in [0.05, 0.1) is 15.7 Å². The van der Waals surface area contributed by atoms with Gasteiger partial charge < -0.3 is 5.32 Å². The Morgan fingerprint density at radius 3 is 2.69 bits per heavy atom. The predicted molar refractivity (Wildman–Crippen MR) is 113 cm³/mol. The zero-order chi connectivity index (χ0) is 20.6. The summed E-state index contributed by atoms with van der Waals surface area (Å²) in [5.74, 6) is 0.132. The van der Waals surface area contributed by atoms with Crippen LogP contribution in [0.2, 0.25) is 4.34 Å². The number of carbonyl (C=O) groups is 1. The van der Waals surface area contributed by atoms with Crippen molar-refractivity contribution in [1.82, 2.24) is 14.1 Å². The second-order valence-corrected chi connectivity index (χ2v) is 10.6. The predicted octanol–water partition coefficient (Wildman–Crippen LogP) is 3.69. The molecule has 29 heavy (non-hydrogen) atoms. The number of rotatable bonds is 5. The second-order valence-electron chi connectivity index (χ2n) is 6.74. The number of para-hydroxylation sites is 1. The van der Waals surface area contributed by atoms with Gasteiger partial charge in [0.25, 0.3) is 10.0 Å². The third-order valence-electron chi connectivity index (χ3n) is 4.70. The minimum Gasteiger partial charge on any atom is -0.309 e. The first-order valence-electron chi connectivity index (χ1n) is 9.06. The third kappa shape index (κ3) is 3.95. The van der Waals surface area contributed by atoms with Crippen LogP contribution in [0.5, 0.6) is 0 Å². The molecule has 1 unspecified atom stereocenters. The molecule has 0 spiro atoms. The maximum absolute atomic E-state index is 13.0. The molecule has 1 aliphatic heterocycles. The summed E-state index contributed by atoms with van der Waals surface area (Å²) in [6.07, 6.45) is 1.08. The molecule has 1 saturated heterocycles. The van der Waals surface area contributed by atoms with Crippen molar-refractivity contribution in [3.8, 4) is 5.69 Å². The Morgan fingerprint density at radius 1 is 1.24 bits per heavy atom. The van der Waals surface area contributed by atoms with E-state index in [2.05, 4.69) is 10.4 Å². The van der Waals surface area contributed by atoms with Crippen LogP contribution in [0, 0.1) is 6.92 Å². The number of nitrogens with one attached hydrogen (secondary N) is 1. The van der Waals surface area contributed by atoms with Gasteiger partial charge in [-0.2, -0.15) is 9.40 Å². The Hall–Kier alpha value is -2.20. The number of sulfonamides is 1. The molecular weight excluding hydrogens is 432 g/mol. The summed E-state index contributed by atoms with van der Waals surface area (Å²) in [7, 11) is -3.78. The van der Waals surface area contributed by atoms with Gasteiger partial charge in [-0.15, -0.1) is 11.3 Å². The molecule has 1 N–H and O–H groups in total. The number of carbonyl (C=O) groups excluding carboxylic acids is 1. The highest BCUT2D eigenvalue weighted by molar-refractivity contribution is 7.91. The molecule has 0 bridgehead atoms. The number of amides is 1. The van der Waals surface area contributed by atoms with Crippen molar-refractivity contribution in [2.75, 3.05) is 11.9 Å². The SMILES string of the molecule is Cc1cc(NC(=O)C2CCCN2S(=O)(=O)c2ccc(Cl)s2)n(-c2ccccc2)n1. The van der Waals surface area contributed by atoms with E-state index in [1.54, 1.807) is 16.8 Å². The molecule has 0 aliphatic carbocycles. The summed E-state index contributed by atoms with van der Waals surface area (Å²) in [6.45, 7) is 2.13. The average molecular weight is 451 g/mol. The molecule has 1 aromatic carbocycles. The van der Waals surface area contributed by atoms with Crippen LogP contribution in [0.25, 0.3) is 5.69 Å². The number of anilines is 1. The summed E-state index contributed by atoms with van der Waals surface area (Å²) in [6, 6.07) is 13.4. The van der Waals surface area contributed by atoms with E-state index in [9.17, 15) is 13.2 Å². The number of aryl methyl sites for hydroxylation is 1. The minimum absolute atomic E-state index is 0.146. The Morgan fingerprint density at radius 2 is 2.00 bits per heavy atom.